The number of hydrogen-bond donors (Lipinski definition) is 2. The van der Waals surface area contributed by atoms with E-state index in [4.69, 9.17) is 5.73 Å². The summed E-state index contributed by atoms with van der Waals surface area (Å²) in [5.41, 5.74) is 6.15. The molecule has 0 unspecified atom stereocenters. The van der Waals surface area contributed by atoms with E-state index in [1.807, 2.05) is 67.6 Å². The van der Waals surface area contributed by atoms with Gasteiger partial charge in [0.1, 0.15) is 6.04 Å². The second-order valence-corrected chi connectivity index (χ2v) is 7.13. The fraction of sp³-hybridized carbons (Fsp3) is 0.200. The number of rotatable bonds is 7. The van der Waals surface area contributed by atoms with E-state index in [9.17, 15) is 9.59 Å². The molecule has 25 heavy (non-hydrogen) atoms. The summed E-state index contributed by atoms with van der Waals surface area (Å²) in [6.45, 7) is 5.56. The van der Waals surface area contributed by atoms with Gasteiger partial charge in [-0.15, -0.1) is 0 Å². The molecule has 0 fully saturated rings. The van der Waals surface area contributed by atoms with E-state index in [1.54, 1.807) is 0 Å². The number of primary amides is 1. The maximum atomic E-state index is 13.2. The molecule has 0 aliphatic rings. The van der Waals surface area contributed by atoms with Crippen LogP contribution in [0.25, 0.3) is 0 Å². The van der Waals surface area contributed by atoms with Crippen molar-refractivity contribution < 1.29 is 9.59 Å². The molecule has 0 aliphatic heterocycles. The second kappa shape index (κ2) is 8.12. The Bertz CT molecular complexity index is 720. The fourth-order valence-electron chi connectivity index (χ4n) is 2.72. The average Bonchev–Trinajstić information content (AvgIpc) is 2.61. The van der Waals surface area contributed by atoms with Crippen molar-refractivity contribution in [3.63, 3.8) is 0 Å². The van der Waals surface area contributed by atoms with Crippen LogP contribution in [0.2, 0.25) is 0 Å². The van der Waals surface area contributed by atoms with Crippen molar-refractivity contribution in [3.8, 4) is 0 Å². The molecule has 2 amide bonds. The molecule has 0 spiro atoms. The summed E-state index contributed by atoms with van der Waals surface area (Å²) in [5, 5.41) is 2.78. The maximum absolute atomic E-state index is 13.2. The van der Waals surface area contributed by atoms with Crippen LogP contribution in [0.1, 0.15) is 24.5 Å². The monoisotopic (exact) mass is 400 g/mol. The topological polar surface area (TPSA) is 72.2 Å². The molecule has 0 radical (unpaired) electrons. The Morgan fingerprint density at radius 2 is 1.52 bits per heavy atom. The third-order valence-corrected chi connectivity index (χ3v) is 4.55. The average molecular weight is 401 g/mol. The number of nitrogens with one attached hydrogen (secondary N) is 1. The van der Waals surface area contributed by atoms with Crippen molar-refractivity contribution in [2.24, 2.45) is 5.73 Å². The zero-order chi connectivity index (χ0) is 18.4. The highest BCUT2D eigenvalue weighted by Crippen LogP contribution is 2.32. The van der Waals surface area contributed by atoms with Crippen LogP contribution in [0, 0.1) is 0 Å². The van der Waals surface area contributed by atoms with E-state index in [0.29, 0.717) is 4.48 Å². The van der Waals surface area contributed by atoms with Crippen LogP contribution in [0.3, 0.4) is 0 Å². The van der Waals surface area contributed by atoms with Crippen LogP contribution >= 0.6 is 15.9 Å². The highest BCUT2D eigenvalue weighted by Gasteiger charge is 2.38. The molecule has 5 heteroatoms. The molecule has 2 rings (SSSR count). The number of carbonyl (C=O) groups excluding carboxylic acids is 2. The summed E-state index contributed by atoms with van der Waals surface area (Å²) >= 11 is 3.22. The quantitative estimate of drug-likeness (QED) is 0.748. The Hall–Kier alpha value is -2.40. The van der Waals surface area contributed by atoms with E-state index >= 15 is 0 Å². The molecular weight excluding hydrogens is 380 g/mol. The Morgan fingerprint density at radius 3 is 1.88 bits per heavy atom. The lowest BCUT2D eigenvalue weighted by atomic mass is 9.75. The molecule has 0 bridgehead atoms. The molecule has 0 heterocycles. The van der Waals surface area contributed by atoms with E-state index in [0.717, 1.165) is 11.1 Å². The van der Waals surface area contributed by atoms with E-state index in [-0.39, 0.29) is 12.3 Å². The summed E-state index contributed by atoms with van der Waals surface area (Å²) in [7, 11) is 0. The summed E-state index contributed by atoms with van der Waals surface area (Å²) in [4.78, 5) is 24.9. The normalized spacial score (nSPS) is 12.2. The Kier molecular flexibility index (Phi) is 6.15. The number of halogens is 1. The van der Waals surface area contributed by atoms with Gasteiger partial charge in [0.15, 0.2) is 0 Å². The first-order chi connectivity index (χ1) is 11.9. The van der Waals surface area contributed by atoms with Gasteiger partial charge in [0.2, 0.25) is 11.8 Å². The standard InChI is InChI=1S/C20H21BrN2O2/c1-14(21)13-17(18(22)24)23-19(25)20(2,15-9-5-3-6-10-15)16-11-7-4-8-12-16/h3-12,17H,1,13H2,2H3,(H2,22,24)(H,23,25)/t17-/m1/s1. The van der Waals surface area contributed by atoms with Gasteiger partial charge in [-0.25, -0.2) is 0 Å². The number of amides is 2. The van der Waals surface area contributed by atoms with Crippen LogP contribution in [0.4, 0.5) is 0 Å². The maximum Gasteiger partial charge on any atom is 0.240 e. The van der Waals surface area contributed by atoms with Crippen molar-refractivity contribution in [1.29, 1.82) is 0 Å². The Balaban J connectivity index is 2.44. The SMILES string of the molecule is C=C(Br)C[C@@H](NC(=O)C(C)(c1ccccc1)c1ccccc1)C(N)=O. The van der Waals surface area contributed by atoms with E-state index in [2.05, 4.69) is 27.8 Å². The molecular formula is C20H21BrN2O2. The van der Waals surface area contributed by atoms with Crippen LogP contribution in [0.5, 0.6) is 0 Å². The van der Waals surface area contributed by atoms with Gasteiger partial charge in [-0.05, 0) is 22.5 Å². The Labute approximate surface area is 156 Å². The smallest absolute Gasteiger partial charge is 0.240 e. The lowest BCUT2D eigenvalue weighted by Gasteiger charge is -2.31. The van der Waals surface area contributed by atoms with Gasteiger partial charge in [0, 0.05) is 6.42 Å². The summed E-state index contributed by atoms with van der Waals surface area (Å²) in [6.07, 6.45) is 0.237. The van der Waals surface area contributed by atoms with Crippen molar-refractivity contribution >= 4 is 27.7 Å². The predicted molar refractivity (Wildman–Crippen MR) is 103 cm³/mol. The first-order valence-corrected chi connectivity index (χ1v) is 8.69. The molecule has 3 N–H and O–H groups in total. The highest BCUT2D eigenvalue weighted by atomic mass is 79.9. The molecule has 0 aliphatic carbocycles. The molecule has 0 saturated carbocycles. The number of nitrogens with two attached hydrogens (primary N) is 1. The van der Waals surface area contributed by atoms with E-state index in [1.165, 1.54) is 0 Å². The molecule has 0 saturated heterocycles. The third kappa shape index (κ3) is 4.37. The minimum atomic E-state index is -0.954. The van der Waals surface area contributed by atoms with Crippen LogP contribution in [-0.4, -0.2) is 17.9 Å². The molecule has 130 valence electrons. The predicted octanol–water partition coefficient (Wildman–Crippen LogP) is 3.26. The van der Waals surface area contributed by atoms with Gasteiger partial charge >= 0.3 is 0 Å². The molecule has 4 nitrogen and oxygen atoms in total. The highest BCUT2D eigenvalue weighted by molar-refractivity contribution is 9.11. The Morgan fingerprint density at radius 1 is 1.08 bits per heavy atom. The molecule has 1 atom stereocenters. The van der Waals surface area contributed by atoms with Gasteiger partial charge in [-0.1, -0.05) is 83.2 Å². The van der Waals surface area contributed by atoms with Gasteiger partial charge in [0.05, 0.1) is 5.41 Å². The lowest BCUT2D eigenvalue weighted by molar-refractivity contribution is -0.129. The fourth-order valence-corrected chi connectivity index (χ4v) is 3.04. The number of hydrogen-bond acceptors (Lipinski definition) is 2. The van der Waals surface area contributed by atoms with Crippen LogP contribution < -0.4 is 11.1 Å². The minimum absolute atomic E-state index is 0.237. The largest absolute Gasteiger partial charge is 0.368 e. The first kappa shape index (κ1) is 18.9. The van der Waals surface area contributed by atoms with Crippen LogP contribution in [-0.2, 0) is 15.0 Å². The van der Waals surface area contributed by atoms with Crippen LogP contribution in [0.15, 0.2) is 71.7 Å². The second-order valence-electron chi connectivity index (χ2n) is 6.01. The number of carbonyl (C=O) groups is 2. The van der Waals surface area contributed by atoms with Crippen molar-refractivity contribution in [2.75, 3.05) is 0 Å². The van der Waals surface area contributed by atoms with Crippen molar-refractivity contribution in [3.05, 3.63) is 82.9 Å². The molecule has 2 aromatic rings. The van der Waals surface area contributed by atoms with Gasteiger partial charge in [-0.3, -0.25) is 9.59 Å². The van der Waals surface area contributed by atoms with Crippen molar-refractivity contribution in [2.45, 2.75) is 24.8 Å². The van der Waals surface area contributed by atoms with E-state index < -0.39 is 17.4 Å². The molecule has 2 aromatic carbocycles. The zero-order valence-corrected chi connectivity index (χ0v) is 15.6. The van der Waals surface area contributed by atoms with Gasteiger partial charge in [-0.2, -0.15) is 0 Å². The summed E-state index contributed by atoms with van der Waals surface area (Å²) in [6, 6.07) is 18.1. The zero-order valence-electron chi connectivity index (χ0n) is 14.0. The first-order valence-electron chi connectivity index (χ1n) is 7.90. The third-order valence-electron chi connectivity index (χ3n) is 4.23. The molecule has 0 aromatic heterocycles. The summed E-state index contributed by atoms with van der Waals surface area (Å²) < 4.78 is 0.595. The van der Waals surface area contributed by atoms with Crippen molar-refractivity contribution in [1.82, 2.24) is 5.32 Å². The van der Waals surface area contributed by atoms with Gasteiger partial charge < -0.3 is 11.1 Å². The number of benzene rings is 2. The summed E-state index contributed by atoms with van der Waals surface area (Å²) in [5.74, 6) is -0.889. The van der Waals surface area contributed by atoms with Gasteiger partial charge in [0.25, 0.3) is 0 Å². The lowest BCUT2D eigenvalue weighted by Crippen LogP contribution is -2.51. The minimum Gasteiger partial charge on any atom is -0.368 e.